The third kappa shape index (κ3) is 3.46. The summed E-state index contributed by atoms with van der Waals surface area (Å²) in [6.45, 7) is 2.00. The van der Waals surface area contributed by atoms with Crippen LogP contribution in [0.25, 0.3) is 17.0 Å². The van der Waals surface area contributed by atoms with Crippen LogP contribution in [0.5, 0.6) is 0 Å². The summed E-state index contributed by atoms with van der Waals surface area (Å²) in [5.41, 5.74) is 1.76. The van der Waals surface area contributed by atoms with Gasteiger partial charge in [-0.3, -0.25) is 4.21 Å². The van der Waals surface area contributed by atoms with Crippen molar-refractivity contribution in [1.82, 2.24) is 19.8 Å². The minimum atomic E-state index is -0.716. The van der Waals surface area contributed by atoms with Crippen molar-refractivity contribution in [3.8, 4) is 11.4 Å². The summed E-state index contributed by atoms with van der Waals surface area (Å²) >= 11 is 1.63. The zero-order valence-corrected chi connectivity index (χ0v) is 15.7. The SMILES string of the molecule is CCS(=O)C1CCCC(Nc2ccc3nnc(-c4ccsc4)n3n2)C1. The Morgan fingerprint density at radius 1 is 1.32 bits per heavy atom. The third-order valence-corrected chi connectivity index (χ3v) is 7.10. The van der Waals surface area contributed by atoms with Crippen LogP contribution in [0.2, 0.25) is 0 Å². The van der Waals surface area contributed by atoms with Crippen LogP contribution in [0, 0.1) is 0 Å². The Morgan fingerprint density at radius 3 is 3.04 bits per heavy atom. The molecule has 0 amide bonds. The highest BCUT2D eigenvalue weighted by atomic mass is 32.2. The van der Waals surface area contributed by atoms with Gasteiger partial charge in [0.05, 0.1) is 0 Å². The van der Waals surface area contributed by atoms with E-state index in [1.807, 2.05) is 35.9 Å². The number of aromatic nitrogens is 4. The first-order chi connectivity index (χ1) is 12.2. The molecule has 3 atom stereocenters. The first-order valence-electron chi connectivity index (χ1n) is 8.63. The summed E-state index contributed by atoms with van der Waals surface area (Å²) in [5.74, 6) is 2.32. The lowest BCUT2D eigenvalue weighted by Gasteiger charge is -2.29. The van der Waals surface area contributed by atoms with Crippen molar-refractivity contribution in [2.24, 2.45) is 0 Å². The van der Waals surface area contributed by atoms with E-state index in [0.29, 0.717) is 11.3 Å². The molecular weight excluding hydrogens is 354 g/mol. The van der Waals surface area contributed by atoms with E-state index in [0.717, 1.165) is 54.3 Å². The van der Waals surface area contributed by atoms with E-state index < -0.39 is 10.8 Å². The number of hydrogen-bond acceptors (Lipinski definition) is 6. The van der Waals surface area contributed by atoms with E-state index in [1.165, 1.54) is 0 Å². The number of nitrogens with one attached hydrogen (secondary N) is 1. The highest BCUT2D eigenvalue weighted by Crippen LogP contribution is 2.26. The molecule has 6 nitrogen and oxygen atoms in total. The van der Waals surface area contributed by atoms with Crippen molar-refractivity contribution >= 4 is 33.6 Å². The Balaban J connectivity index is 1.55. The average Bonchev–Trinajstić information content (AvgIpc) is 3.30. The largest absolute Gasteiger partial charge is 0.366 e. The van der Waals surface area contributed by atoms with Gasteiger partial charge in [-0.25, -0.2) is 0 Å². The number of nitrogens with zero attached hydrogens (tertiary/aromatic N) is 4. The summed E-state index contributed by atoms with van der Waals surface area (Å²) in [4.78, 5) is 0. The minimum Gasteiger partial charge on any atom is -0.366 e. The second-order valence-corrected chi connectivity index (χ2v) is 9.11. The van der Waals surface area contributed by atoms with Crippen molar-refractivity contribution < 1.29 is 4.21 Å². The Labute approximate surface area is 153 Å². The standard InChI is InChI=1S/C17H21N5OS2/c1-2-25(23)14-5-3-4-13(10-14)18-15-6-7-16-19-20-17(22(16)21-15)12-8-9-24-11-12/h6-9,11,13-14H,2-5,10H2,1H3,(H,18,21). The first kappa shape index (κ1) is 16.7. The van der Waals surface area contributed by atoms with Gasteiger partial charge in [0.15, 0.2) is 11.5 Å². The Bertz CT molecular complexity index is 876. The lowest BCUT2D eigenvalue weighted by atomic mass is 9.95. The summed E-state index contributed by atoms with van der Waals surface area (Å²) in [6.07, 6.45) is 4.22. The molecule has 0 radical (unpaired) electrons. The van der Waals surface area contributed by atoms with Crippen LogP contribution in [0.1, 0.15) is 32.6 Å². The van der Waals surface area contributed by atoms with Crippen LogP contribution >= 0.6 is 11.3 Å². The first-order valence-corrected chi connectivity index (χ1v) is 11.0. The van der Waals surface area contributed by atoms with E-state index >= 15 is 0 Å². The van der Waals surface area contributed by atoms with Gasteiger partial charge in [0.25, 0.3) is 0 Å². The van der Waals surface area contributed by atoms with Crippen molar-refractivity contribution in [1.29, 1.82) is 0 Å². The number of thiophene rings is 1. The lowest BCUT2D eigenvalue weighted by Crippen LogP contribution is -2.33. The van der Waals surface area contributed by atoms with E-state index in [9.17, 15) is 4.21 Å². The topological polar surface area (TPSA) is 72.2 Å². The molecule has 0 bridgehead atoms. The fraction of sp³-hybridized carbons (Fsp3) is 0.471. The van der Waals surface area contributed by atoms with Gasteiger partial charge < -0.3 is 5.32 Å². The van der Waals surface area contributed by atoms with Gasteiger partial charge in [0, 0.05) is 38.8 Å². The molecule has 0 aliphatic heterocycles. The summed E-state index contributed by atoms with van der Waals surface area (Å²) in [5, 5.41) is 21.0. The van der Waals surface area contributed by atoms with Crippen LogP contribution in [-0.2, 0) is 10.8 Å². The van der Waals surface area contributed by atoms with Crippen molar-refractivity contribution in [2.75, 3.05) is 11.1 Å². The Kier molecular flexibility index (Phi) is 4.80. The zero-order valence-electron chi connectivity index (χ0n) is 14.1. The normalized spacial score (nSPS) is 22.1. The maximum atomic E-state index is 12.1. The molecule has 0 aromatic carbocycles. The number of fused-ring (bicyclic) bond motifs is 1. The molecule has 132 valence electrons. The quantitative estimate of drug-likeness (QED) is 0.740. The minimum absolute atomic E-state index is 0.302. The van der Waals surface area contributed by atoms with Gasteiger partial charge in [-0.1, -0.05) is 13.3 Å². The average molecular weight is 376 g/mol. The fourth-order valence-corrected chi connectivity index (χ4v) is 5.38. The smallest absolute Gasteiger partial charge is 0.186 e. The van der Waals surface area contributed by atoms with Gasteiger partial charge in [-0.2, -0.15) is 15.9 Å². The van der Waals surface area contributed by atoms with Crippen LogP contribution in [0.3, 0.4) is 0 Å². The number of hydrogen-bond donors (Lipinski definition) is 1. The molecular formula is C17H21N5OS2. The molecule has 3 aromatic rings. The molecule has 3 unspecified atom stereocenters. The summed E-state index contributed by atoms with van der Waals surface area (Å²) in [7, 11) is -0.716. The maximum Gasteiger partial charge on any atom is 0.186 e. The molecule has 1 aliphatic carbocycles. The van der Waals surface area contributed by atoms with Gasteiger partial charge >= 0.3 is 0 Å². The maximum absolute atomic E-state index is 12.1. The predicted octanol–water partition coefficient (Wildman–Crippen LogP) is 3.34. The summed E-state index contributed by atoms with van der Waals surface area (Å²) in [6, 6.07) is 6.22. The summed E-state index contributed by atoms with van der Waals surface area (Å²) < 4.78 is 13.9. The Hall–Kier alpha value is -1.80. The second kappa shape index (κ2) is 7.21. The van der Waals surface area contributed by atoms with Crippen molar-refractivity contribution in [2.45, 2.75) is 43.9 Å². The van der Waals surface area contributed by atoms with Crippen LogP contribution in [-0.4, -0.2) is 41.1 Å². The number of rotatable bonds is 5. The van der Waals surface area contributed by atoms with Crippen LogP contribution in [0.15, 0.2) is 29.0 Å². The molecule has 0 spiro atoms. The Morgan fingerprint density at radius 2 is 2.24 bits per heavy atom. The molecule has 8 heteroatoms. The van der Waals surface area contributed by atoms with Crippen molar-refractivity contribution in [3.05, 3.63) is 29.0 Å². The van der Waals surface area contributed by atoms with E-state index in [4.69, 9.17) is 0 Å². The highest BCUT2D eigenvalue weighted by molar-refractivity contribution is 7.85. The van der Waals surface area contributed by atoms with Gasteiger partial charge in [-0.15, -0.1) is 15.3 Å². The second-order valence-electron chi connectivity index (χ2n) is 6.32. The fourth-order valence-electron chi connectivity index (χ4n) is 3.40. The van der Waals surface area contributed by atoms with Gasteiger partial charge in [0.1, 0.15) is 5.82 Å². The molecule has 1 fully saturated rings. The third-order valence-electron chi connectivity index (χ3n) is 4.68. The molecule has 3 aromatic heterocycles. The molecule has 4 rings (SSSR count). The van der Waals surface area contributed by atoms with E-state index in [1.54, 1.807) is 15.9 Å². The number of anilines is 1. The molecule has 1 aliphatic rings. The lowest BCUT2D eigenvalue weighted by molar-refractivity contribution is 0.464. The monoisotopic (exact) mass is 375 g/mol. The molecule has 1 saturated carbocycles. The zero-order chi connectivity index (χ0) is 17.2. The van der Waals surface area contributed by atoms with E-state index in [2.05, 4.69) is 20.6 Å². The van der Waals surface area contributed by atoms with Crippen molar-refractivity contribution in [3.63, 3.8) is 0 Å². The van der Waals surface area contributed by atoms with E-state index in [-0.39, 0.29) is 0 Å². The van der Waals surface area contributed by atoms with Crippen LogP contribution in [0.4, 0.5) is 5.82 Å². The predicted molar refractivity (Wildman–Crippen MR) is 102 cm³/mol. The molecule has 0 saturated heterocycles. The molecule has 25 heavy (non-hydrogen) atoms. The van der Waals surface area contributed by atoms with Crippen LogP contribution < -0.4 is 5.32 Å². The highest BCUT2D eigenvalue weighted by Gasteiger charge is 2.25. The molecule has 3 heterocycles. The van der Waals surface area contributed by atoms with Gasteiger partial charge in [0.2, 0.25) is 0 Å². The van der Waals surface area contributed by atoms with Gasteiger partial charge in [-0.05, 0) is 42.8 Å². The molecule has 1 N–H and O–H groups in total.